The third-order valence-electron chi connectivity index (χ3n) is 5.69. The minimum Gasteiger partial charge on any atom is -0.383 e. The van der Waals surface area contributed by atoms with Gasteiger partial charge in [0, 0.05) is 57.1 Å². The van der Waals surface area contributed by atoms with Crippen molar-refractivity contribution in [2.24, 2.45) is 5.10 Å². The maximum atomic E-state index is 13.4. The summed E-state index contributed by atoms with van der Waals surface area (Å²) in [6.07, 6.45) is 4.42. The van der Waals surface area contributed by atoms with E-state index in [2.05, 4.69) is 20.4 Å². The number of morpholine rings is 1. The number of nitro benzene ring substituents is 1. The molecule has 1 N–H and O–H groups in total. The SMILES string of the molecule is CN(N=Cc1cnn2ccc(C#N)cc12)S(=O)(=O)c1cc([N+](=O)[O-])ccc1NCCN1CCOCC1.Cl. The van der Waals surface area contributed by atoms with Crippen LogP contribution in [-0.2, 0) is 14.8 Å². The number of halogens is 1. The molecule has 15 heteroatoms. The van der Waals surface area contributed by atoms with Gasteiger partial charge in [0.05, 0.1) is 53.4 Å². The van der Waals surface area contributed by atoms with Crippen LogP contribution < -0.4 is 5.32 Å². The number of benzene rings is 1. The second kappa shape index (κ2) is 12.0. The summed E-state index contributed by atoms with van der Waals surface area (Å²) >= 11 is 0. The molecule has 1 aromatic carbocycles. The van der Waals surface area contributed by atoms with Crippen molar-refractivity contribution in [3.05, 3.63) is 64.0 Å². The van der Waals surface area contributed by atoms with Gasteiger partial charge in [-0.3, -0.25) is 15.0 Å². The molecule has 0 bridgehead atoms. The zero-order valence-corrected chi connectivity index (χ0v) is 21.5. The maximum Gasteiger partial charge on any atom is 0.281 e. The minimum absolute atomic E-state index is 0. The fraction of sp³-hybridized carbons (Fsp3) is 0.318. The van der Waals surface area contributed by atoms with Crippen molar-refractivity contribution in [3.63, 3.8) is 0 Å². The Morgan fingerprint density at radius 3 is 2.78 bits per heavy atom. The van der Waals surface area contributed by atoms with E-state index in [4.69, 9.17) is 10.00 Å². The number of ether oxygens (including phenoxy) is 1. The minimum atomic E-state index is -4.24. The van der Waals surface area contributed by atoms with Crippen LogP contribution in [0.3, 0.4) is 0 Å². The first-order chi connectivity index (χ1) is 17.3. The van der Waals surface area contributed by atoms with Crippen molar-refractivity contribution in [2.45, 2.75) is 4.90 Å². The summed E-state index contributed by atoms with van der Waals surface area (Å²) in [7, 11) is -3.00. The summed E-state index contributed by atoms with van der Waals surface area (Å²) in [5.74, 6) is 0. The topological polar surface area (TPSA) is 158 Å². The Labute approximate surface area is 219 Å². The number of rotatable bonds is 9. The van der Waals surface area contributed by atoms with Crippen molar-refractivity contribution in [1.29, 1.82) is 5.26 Å². The molecular weight excluding hydrogens is 524 g/mol. The lowest BCUT2D eigenvalue weighted by Crippen LogP contribution is -2.39. The van der Waals surface area contributed by atoms with Crippen LogP contribution in [0, 0.1) is 21.4 Å². The van der Waals surface area contributed by atoms with Gasteiger partial charge in [0.1, 0.15) is 4.90 Å². The van der Waals surface area contributed by atoms with Gasteiger partial charge in [-0.05, 0) is 18.2 Å². The van der Waals surface area contributed by atoms with E-state index in [1.165, 1.54) is 36.1 Å². The van der Waals surface area contributed by atoms with E-state index in [9.17, 15) is 18.5 Å². The second-order valence-electron chi connectivity index (χ2n) is 7.96. The van der Waals surface area contributed by atoms with Gasteiger partial charge in [0.2, 0.25) is 0 Å². The van der Waals surface area contributed by atoms with E-state index in [0.29, 0.717) is 42.9 Å². The number of fused-ring (bicyclic) bond motifs is 1. The number of aromatic nitrogens is 2. The first-order valence-corrected chi connectivity index (χ1v) is 12.5. The molecule has 0 unspecified atom stereocenters. The number of hydrogen-bond acceptors (Lipinski definition) is 10. The Bertz CT molecular complexity index is 1450. The van der Waals surface area contributed by atoms with E-state index in [1.54, 1.807) is 18.3 Å². The van der Waals surface area contributed by atoms with Crippen LogP contribution in [0.2, 0.25) is 0 Å². The summed E-state index contributed by atoms with van der Waals surface area (Å²) in [4.78, 5) is 12.6. The first kappa shape index (κ1) is 27.8. The van der Waals surface area contributed by atoms with E-state index < -0.39 is 14.9 Å². The van der Waals surface area contributed by atoms with E-state index >= 15 is 0 Å². The van der Waals surface area contributed by atoms with E-state index in [-0.39, 0.29) is 28.7 Å². The van der Waals surface area contributed by atoms with Gasteiger partial charge in [-0.15, -0.1) is 12.4 Å². The number of nitrogens with zero attached hydrogens (tertiary/aromatic N) is 7. The van der Waals surface area contributed by atoms with Crippen LogP contribution in [0.1, 0.15) is 11.1 Å². The summed E-state index contributed by atoms with van der Waals surface area (Å²) < 4.78 is 34.4. The number of sulfonamides is 1. The lowest BCUT2D eigenvalue weighted by Gasteiger charge is -2.26. The average Bonchev–Trinajstić information content (AvgIpc) is 3.29. The second-order valence-corrected chi connectivity index (χ2v) is 9.88. The quantitative estimate of drug-likeness (QED) is 0.239. The molecule has 13 nitrogen and oxygen atoms in total. The molecule has 196 valence electrons. The van der Waals surface area contributed by atoms with Gasteiger partial charge in [-0.1, -0.05) is 0 Å². The number of non-ortho nitro benzene ring substituents is 1. The van der Waals surface area contributed by atoms with E-state index in [1.807, 2.05) is 6.07 Å². The van der Waals surface area contributed by atoms with Crippen LogP contribution in [0.5, 0.6) is 0 Å². The lowest BCUT2D eigenvalue weighted by atomic mass is 10.2. The predicted octanol–water partition coefficient (Wildman–Crippen LogP) is 1.93. The summed E-state index contributed by atoms with van der Waals surface area (Å²) in [6, 6.07) is 8.92. The number of hydrazone groups is 1. The first-order valence-electron chi connectivity index (χ1n) is 11.0. The van der Waals surface area contributed by atoms with Gasteiger partial charge in [-0.25, -0.2) is 4.52 Å². The third kappa shape index (κ3) is 6.33. The molecule has 2 aromatic heterocycles. The smallest absolute Gasteiger partial charge is 0.281 e. The van der Waals surface area contributed by atoms with Crippen molar-refractivity contribution in [1.82, 2.24) is 18.9 Å². The average molecular weight is 549 g/mol. The molecule has 1 saturated heterocycles. The molecule has 1 aliphatic heterocycles. The van der Waals surface area contributed by atoms with Crippen LogP contribution in [0.4, 0.5) is 11.4 Å². The number of anilines is 1. The Kier molecular flexibility index (Phi) is 9.00. The zero-order valence-electron chi connectivity index (χ0n) is 19.8. The molecular formula is C22H25ClN8O5S. The van der Waals surface area contributed by atoms with Crippen molar-refractivity contribution >= 4 is 45.5 Å². The van der Waals surface area contributed by atoms with Gasteiger partial charge < -0.3 is 10.1 Å². The van der Waals surface area contributed by atoms with Crippen molar-refractivity contribution in [3.8, 4) is 6.07 Å². The van der Waals surface area contributed by atoms with Crippen LogP contribution in [0.25, 0.3) is 5.52 Å². The van der Waals surface area contributed by atoms with Crippen LogP contribution in [-0.4, -0.2) is 84.9 Å². The molecule has 3 aromatic rings. The molecule has 0 spiro atoms. The third-order valence-corrected chi connectivity index (χ3v) is 7.37. The largest absolute Gasteiger partial charge is 0.383 e. The molecule has 0 amide bonds. The highest BCUT2D eigenvalue weighted by atomic mass is 35.5. The molecule has 3 heterocycles. The Hall–Kier alpha value is -3.77. The Balaban J connectivity index is 0.00000380. The molecule has 37 heavy (non-hydrogen) atoms. The van der Waals surface area contributed by atoms with Crippen LogP contribution in [0.15, 0.2) is 52.7 Å². The summed E-state index contributed by atoms with van der Waals surface area (Å²) in [5.41, 5.74) is 1.38. The summed E-state index contributed by atoms with van der Waals surface area (Å²) in [5, 5.41) is 31.8. The van der Waals surface area contributed by atoms with Gasteiger partial charge >= 0.3 is 0 Å². The predicted molar refractivity (Wildman–Crippen MR) is 139 cm³/mol. The monoisotopic (exact) mass is 548 g/mol. The van der Waals surface area contributed by atoms with E-state index in [0.717, 1.165) is 23.6 Å². The summed E-state index contributed by atoms with van der Waals surface area (Å²) in [6.45, 7) is 3.95. The van der Waals surface area contributed by atoms with Gasteiger partial charge in [-0.2, -0.15) is 28.3 Å². The number of hydrogen-bond donors (Lipinski definition) is 1. The Morgan fingerprint density at radius 1 is 1.32 bits per heavy atom. The lowest BCUT2D eigenvalue weighted by molar-refractivity contribution is -0.385. The maximum absolute atomic E-state index is 13.4. The van der Waals surface area contributed by atoms with Gasteiger partial charge in [0.15, 0.2) is 0 Å². The fourth-order valence-electron chi connectivity index (χ4n) is 3.67. The molecule has 0 saturated carbocycles. The normalized spacial score (nSPS) is 14.3. The van der Waals surface area contributed by atoms with Crippen molar-refractivity contribution < 1.29 is 18.1 Å². The molecule has 1 aliphatic rings. The number of pyridine rings is 1. The highest BCUT2D eigenvalue weighted by Crippen LogP contribution is 2.29. The highest BCUT2D eigenvalue weighted by Gasteiger charge is 2.26. The zero-order chi connectivity index (χ0) is 25.7. The molecule has 0 radical (unpaired) electrons. The fourth-order valence-corrected chi connectivity index (χ4v) is 4.82. The highest BCUT2D eigenvalue weighted by molar-refractivity contribution is 7.89. The molecule has 0 atom stereocenters. The standard InChI is InChI=1S/C22H24N8O5S.ClH/c1-27(25-15-18-16-26-29-6-4-17(14-23)12-21(18)29)36(33,34)22-13-19(30(31)32)2-3-20(22)24-5-7-28-8-10-35-11-9-28;/h2-4,6,12-13,15-16,24H,5,7-11H2,1H3;1H. The molecule has 1 fully saturated rings. The number of nitriles is 1. The van der Waals surface area contributed by atoms with Gasteiger partial charge in [0.25, 0.3) is 15.7 Å². The number of nitrogens with one attached hydrogen (secondary N) is 1. The van der Waals surface area contributed by atoms with Crippen molar-refractivity contribution in [2.75, 3.05) is 51.8 Å². The molecule has 4 rings (SSSR count). The molecule has 0 aliphatic carbocycles. The Morgan fingerprint density at radius 2 is 2.08 bits per heavy atom. The van der Waals surface area contributed by atoms with Crippen LogP contribution >= 0.6 is 12.4 Å². The number of nitro groups is 1.